The maximum Gasteiger partial charge on any atom is 0.274 e. The Labute approximate surface area is 180 Å². The normalized spacial score (nSPS) is 18.1. The van der Waals surface area contributed by atoms with Crippen LogP contribution < -0.4 is 21.5 Å². The molecule has 2 amide bonds. The lowest BCUT2D eigenvalue weighted by Gasteiger charge is -2.17. The lowest BCUT2D eigenvalue weighted by molar-refractivity contribution is -0.117. The Hall–Kier alpha value is -3.08. The zero-order chi connectivity index (χ0) is 22.2. The molecule has 1 saturated carbocycles. The van der Waals surface area contributed by atoms with E-state index < -0.39 is 30.2 Å². The van der Waals surface area contributed by atoms with Gasteiger partial charge in [-0.25, -0.2) is 18.7 Å². The lowest BCUT2D eigenvalue weighted by Crippen LogP contribution is -2.33. The first-order valence-corrected chi connectivity index (χ1v) is 10.1. The monoisotopic (exact) mass is 452 g/mol. The molecule has 0 atom stereocenters. The summed E-state index contributed by atoms with van der Waals surface area (Å²) in [5.74, 6) is -3.45. The SMILES string of the molecule is O=C1NCCC(F)(F)CCn2c1c(Cl)cc(Nc1cc(NC(=O)C3CC3)ncn1)c2=O. The fraction of sp³-hybridized carbons (Fsp3) is 0.421. The zero-order valence-corrected chi connectivity index (χ0v) is 17.0. The Morgan fingerprint density at radius 2 is 1.94 bits per heavy atom. The van der Waals surface area contributed by atoms with Gasteiger partial charge in [-0.2, -0.15) is 0 Å². The number of pyridine rings is 1. The van der Waals surface area contributed by atoms with Gasteiger partial charge in [0.15, 0.2) is 0 Å². The molecule has 9 nitrogen and oxygen atoms in total. The van der Waals surface area contributed by atoms with Crippen LogP contribution in [0.3, 0.4) is 0 Å². The van der Waals surface area contributed by atoms with Crippen LogP contribution in [0.1, 0.15) is 36.2 Å². The minimum Gasteiger partial charge on any atom is -0.350 e. The van der Waals surface area contributed by atoms with Crippen molar-refractivity contribution >= 4 is 40.7 Å². The first kappa shape index (κ1) is 21.2. The van der Waals surface area contributed by atoms with Crippen LogP contribution in [0.25, 0.3) is 0 Å². The van der Waals surface area contributed by atoms with Crippen molar-refractivity contribution in [2.45, 2.75) is 38.2 Å². The van der Waals surface area contributed by atoms with E-state index in [9.17, 15) is 23.2 Å². The molecule has 0 saturated heterocycles. The van der Waals surface area contributed by atoms with Crippen LogP contribution in [0, 0.1) is 5.92 Å². The zero-order valence-electron chi connectivity index (χ0n) is 16.3. The number of nitrogens with one attached hydrogen (secondary N) is 3. The summed E-state index contributed by atoms with van der Waals surface area (Å²) in [6.45, 7) is -0.608. The van der Waals surface area contributed by atoms with E-state index in [1.165, 1.54) is 18.5 Å². The molecule has 0 spiro atoms. The van der Waals surface area contributed by atoms with E-state index in [0.717, 1.165) is 17.4 Å². The average molecular weight is 453 g/mol. The van der Waals surface area contributed by atoms with Gasteiger partial charge in [0.25, 0.3) is 17.4 Å². The number of anilines is 3. The van der Waals surface area contributed by atoms with Gasteiger partial charge in [0.05, 0.1) is 5.02 Å². The second-order valence-electron chi connectivity index (χ2n) is 7.50. The third-order valence-electron chi connectivity index (χ3n) is 5.06. The highest BCUT2D eigenvalue weighted by Gasteiger charge is 2.32. The molecule has 2 aliphatic rings. The Kier molecular flexibility index (Phi) is 5.61. The molecule has 31 heavy (non-hydrogen) atoms. The second kappa shape index (κ2) is 8.22. The number of nitrogens with zero attached hydrogens (tertiary/aromatic N) is 3. The van der Waals surface area contributed by atoms with Crippen LogP contribution in [-0.2, 0) is 11.3 Å². The summed E-state index contributed by atoms with van der Waals surface area (Å²) in [4.78, 5) is 45.3. The predicted octanol–water partition coefficient (Wildman–Crippen LogP) is 2.54. The van der Waals surface area contributed by atoms with Crippen molar-refractivity contribution < 1.29 is 18.4 Å². The first-order valence-electron chi connectivity index (χ1n) is 9.73. The number of fused-ring (bicyclic) bond motifs is 1. The van der Waals surface area contributed by atoms with E-state index in [1.54, 1.807) is 0 Å². The Balaban J connectivity index is 1.64. The van der Waals surface area contributed by atoms with Crippen molar-refractivity contribution in [3.8, 4) is 0 Å². The third kappa shape index (κ3) is 4.82. The van der Waals surface area contributed by atoms with E-state index in [0.29, 0.717) is 0 Å². The van der Waals surface area contributed by atoms with Gasteiger partial charge in [-0.1, -0.05) is 11.6 Å². The number of aromatic nitrogens is 3. The Morgan fingerprint density at radius 3 is 2.68 bits per heavy atom. The van der Waals surface area contributed by atoms with Gasteiger partial charge in [0, 0.05) is 37.9 Å². The van der Waals surface area contributed by atoms with Crippen molar-refractivity contribution in [1.29, 1.82) is 0 Å². The van der Waals surface area contributed by atoms with Crippen LogP contribution in [0.15, 0.2) is 23.3 Å². The Bertz CT molecular complexity index is 1100. The van der Waals surface area contributed by atoms with Crippen molar-refractivity contribution in [3.63, 3.8) is 0 Å². The molecule has 164 valence electrons. The number of hydrogen-bond donors (Lipinski definition) is 3. The standard InChI is InChI=1S/C19H19ClF2N6O3/c20-11-7-12(26-13-8-14(25-9-24-13)27-16(29)10-1-2-10)18(31)28-6-4-19(21,22)3-5-23-17(30)15(11)28/h7-10H,1-6H2,(H,23,30)(H2,24,25,26,27,29). The molecule has 12 heteroatoms. The van der Waals surface area contributed by atoms with Gasteiger partial charge in [-0.05, 0) is 18.9 Å². The number of halogens is 3. The quantitative estimate of drug-likeness (QED) is 0.656. The number of carbonyl (C=O) groups is 2. The molecule has 3 heterocycles. The number of carbonyl (C=O) groups excluding carboxylic acids is 2. The summed E-state index contributed by atoms with van der Waals surface area (Å²) in [7, 11) is 0. The van der Waals surface area contributed by atoms with Gasteiger partial charge in [-0.3, -0.25) is 14.4 Å². The predicted molar refractivity (Wildman–Crippen MR) is 109 cm³/mol. The number of hydrogen-bond acceptors (Lipinski definition) is 6. The topological polar surface area (TPSA) is 118 Å². The molecule has 0 unspecified atom stereocenters. The molecule has 2 aromatic heterocycles. The highest BCUT2D eigenvalue weighted by molar-refractivity contribution is 6.33. The fourth-order valence-electron chi connectivity index (χ4n) is 3.22. The minimum atomic E-state index is -3.04. The molecule has 3 N–H and O–H groups in total. The van der Waals surface area contributed by atoms with Gasteiger partial charge in [0.1, 0.15) is 29.3 Å². The van der Waals surface area contributed by atoms with Crippen LogP contribution in [0.2, 0.25) is 5.02 Å². The van der Waals surface area contributed by atoms with Crippen LogP contribution in [0.4, 0.5) is 26.1 Å². The van der Waals surface area contributed by atoms with E-state index >= 15 is 0 Å². The summed E-state index contributed by atoms with van der Waals surface area (Å²) in [5, 5.41) is 7.74. The molecule has 1 aliphatic carbocycles. The maximum atomic E-state index is 14.0. The van der Waals surface area contributed by atoms with E-state index in [2.05, 4.69) is 25.9 Å². The molecular weight excluding hydrogens is 434 g/mol. The van der Waals surface area contributed by atoms with Gasteiger partial charge in [0.2, 0.25) is 5.91 Å². The molecule has 4 rings (SSSR count). The number of amides is 2. The second-order valence-corrected chi connectivity index (χ2v) is 7.91. The van der Waals surface area contributed by atoms with Gasteiger partial charge >= 0.3 is 0 Å². The largest absolute Gasteiger partial charge is 0.350 e. The highest BCUT2D eigenvalue weighted by Crippen LogP contribution is 2.30. The first-order chi connectivity index (χ1) is 14.7. The lowest BCUT2D eigenvalue weighted by atomic mass is 10.1. The van der Waals surface area contributed by atoms with Crippen molar-refractivity contribution in [2.24, 2.45) is 5.92 Å². The fourth-order valence-corrected chi connectivity index (χ4v) is 3.51. The summed E-state index contributed by atoms with van der Waals surface area (Å²) >= 11 is 6.23. The van der Waals surface area contributed by atoms with Crippen LogP contribution in [-0.4, -0.2) is 38.8 Å². The smallest absolute Gasteiger partial charge is 0.274 e. The maximum absolute atomic E-state index is 14.0. The number of alkyl halides is 2. The van der Waals surface area contributed by atoms with Crippen LogP contribution >= 0.6 is 11.6 Å². The third-order valence-corrected chi connectivity index (χ3v) is 5.35. The minimum absolute atomic E-state index is 0.0168. The molecule has 0 radical (unpaired) electrons. The summed E-state index contributed by atoms with van der Waals surface area (Å²) in [6.07, 6.45) is 1.73. The van der Waals surface area contributed by atoms with Crippen molar-refractivity contribution in [1.82, 2.24) is 19.9 Å². The summed E-state index contributed by atoms with van der Waals surface area (Å²) in [6, 6.07) is 2.68. The summed E-state index contributed by atoms with van der Waals surface area (Å²) in [5.41, 5.74) is -0.924. The van der Waals surface area contributed by atoms with E-state index in [-0.39, 0.29) is 53.0 Å². The Morgan fingerprint density at radius 1 is 1.19 bits per heavy atom. The summed E-state index contributed by atoms with van der Waals surface area (Å²) < 4.78 is 28.9. The highest BCUT2D eigenvalue weighted by atomic mass is 35.5. The van der Waals surface area contributed by atoms with E-state index in [1.807, 2.05) is 0 Å². The van der Waals surface area contributed by atoms with Gasteiger partial charge in [-0.15, -0.1) is 0 Å². The van der Waals surface area contributed by atoms with Crippen molar-refractivity contribution in [3.05, 3.63) is 39.5 Å². The van der Waals surface area contributed by atoms with Crippen LogP contribution in [0.5, 0.6) is 0 Å². The molecule has 0 bridgehead atoms. The molecule has 1 fully saturated rings. The van der Waals surface area contributed by atoms with Gasteiger partial charge < -0.3 is 20.5 Å². The van der Waals surface area contributed by atoms with Crippen molar-refractivity contribution in [2.75, 3.05) is 17.2 Å². The number of rotatable bonds is 4. The molecular formula is C19H19ClF2N6O3. The molecule has 2 aromatic rings. The average Bonchev–Trinajstić information content (AvgIpc) is 3.54. The molecule has 1 aliphatic heterocycles. The van der Waals surface area contributed by atoms with E-state index in [4.69, 9.17) is 11.6 Å². The molecule has 0 aromatic carbocycles.